The number of aromatic nitrogens is 1. The van der Waals surface area contributed by atoms with Crippen LogP contribution in [0.3, 0.4) is 0 Å². The average Bonchev–Trinajstić information content (AvgIpc) is 3.14. The molecule has 4 rings (SSSR count). The summed E-state index contributed by atoms with van der Waals surface area (Å²) >= 11 is 0. The van der Waals surface area contributed by atoms with E-state index in [0.29, 0.717) is 17.7 Å². The highest BCUT2D eigenvalue weighted by atomic mass is 32.2. The first kappa shape index (κ1) is 19.9. The minimum Gasteiger partial charge on any atom is -0.508 e. The van der Waals surface area contributed by atoms with Crippen LogP contribution in [-0.2, 0) is 10.0 Å². The maximum atomic E-state index is 14.2. The van der Waals surface area contributed by atoms with E-state index in [-0.39, 0.29) is 27.7 Å². The predicted molar refractivity (Wildman–Crippen MR) is 106 cm³/mol. The molecule has 0 spiro atoms. The van der Waals surface area contributed by atoms with Crippen molar-refractivity contribution in [3.8, 4) is 17.5 Å². The molecule has 0 aliphatic carbocycles. The molecule has 0 bridgehead atoms. The van der Waals surface area contributed by atoms with E-state index in [0.717, 1.165) is 16.4 Å². The van der Waals surface area contributed by atoms with Crippen molar-refractivity contribution in [2.24, 2.45) is 0 Å². The van der Waals surface area contributed by atoms with Gasteiger partial charge >= 0.3 is 0 Å². The van der Waals surface area contributed by atoms with Gasteiger partial charge in [-0.25, -0.2) is 17.2 Å². The number of benzene rings is 2. The van der Waals surface area contributed by atoms with Gasteiger partial charge in [0.15, 0.2) is 11.6 Å². The normalized spacial score (nSPS) is 15.4. The Morgan fingerprint density at radius 3 is 2.37 bits per heavy atom. The van der Waals surface area contributed by atoms with Gasteiger partial charge in [-0.3, -0.25) is 4.31 Å². The van der Waals surface area contributed by atoms with Crippen LogP contribution in [0, 0.1) is 29.9 Å². The van der Waals surface area contributed by atoms with Gasteiger partial charge in [-0.2, -0.15) is 5.26 Å². The number of hydrogen-bond acceptors (Lipinski definition) is 4. The molecular weight excluding hydrogens is 412 g/mol. The highest BCUT2D eigenvalue weighted by Gasteiger charge is 2.40. The maximum absolute atomic E-state index is 14.2. The smallest absolute Gasteiger partial charge is 0.265 e. The van der Waals surface area contributed by atoms with Crippen LogP contribution < -0.4 is 4.31 Å². The largest absolute Gasteiger partial charge is 0.508 e. The molecule has 2 aromatic carbocycles. The van der Waals surface area contributed by atoms with Crippen LogP contribution in [0.2, 0.25) is 0 Å². The van der Waals surface area contributed by atoms with Crippen LogP contribution in [0.15, 0.2) is 47.4 Å². The molecule has 154 valence electrons. The van der Waals surface area contributed by atoms with E-state index < -0.39 is 27.7 Å². The zero-order valence-electron chi connectivity index (χ0n) is 16.1. The van der Waals surface area contributed by atoms with Gasteiger partial charge in [-0.15, -0.1) is 0 Å². The fourth-order valence-electron chi connectivity index (χ4n) is 3.81. The van der Waals surface area contributed by atoms with Crippen molar-refractivity contribution in [1.29, 1.82) is 5.26 Å². The predicted octanol–water partition coefficient (Wildman–Crippen LogP) is 4.30. The highest BCUT2D eigenvalue weighted by molar-refractivity contribution is 7.92. The molecule has 2 heterocycles. The highest BCUT2D eigenvalue weighted by Crippen LogP contribution is 2.45. The SMILES string of the molecule is CCC1c2ccc(C#N)n2-c2cc(F)c(F)cc2N1S(=O)(=O)c1ccc(O)c(C)c1. The molecule has 1 N–H and O–H groups in total. The van der Waals surface area contributed by atoms with Crippen molar-refractivity contribution in [2.75, 3.05) is 4.31 Å². The van der Waals surface area contributed by atoms with E-state index in [1.165, 1.54) is 28.8 Å². The molecule has 3 aromatic rings. The number of hydrogen-bond donors (Lipinski definition) is 1. The zero-order valence-corrected chi connectivity index (χ0v) is 16.9. The van der Waals surface area contributed by atoms with Gasteiger partial charge in [0.05, 0.1) is 22.3 Å². The third kappa shape index (κ3) is 2.75. The molecule has 1 aromatic heterocycles. The fourth-order valence-corrected chi connectivity index (χ4v) is 5.60. The number of phenolic OH excluding ortho intramolecular Hbond substituents is 1. The van der Waals surface area contributed by atoms with Crippen molar-refractivity contribution in [3.63, 3.8) is 0 Å². The van der Waals surface area contributed by atoms with E-state index in [1.807, 2.05) is 6.07 Å². The van der Waals surface area contributed by atoms with E-state index in [2.05, 4.69) is 0 Å². The van der Waals surface area contributed by atoms with Crippen LogP contribution in [0.5, 0.6) is 5.75 Å². The number of aromatic hydroxyl groups is 1. The Balaban J connectivity index is 2.04. The summed E-state index contributed by atoms with van der Waals surface area (Å²) in [4.78, 5) is -0.0903. The number of anilines is 1. The first-order valence-electron chi connectivity index (χ1n) is 9.16. The Hall–Kier alpha value is -3.38. The second-order valence-electron chi connectivity index (χ2n) is 7.02. The molecule has 0 amide bonds. The summed E-state index contributed by atoms with van der Waals surface area (Å²) in [6.07, 6.45) is 0.323. The van der Waals surface area contributed by atoms with E-state index in [1.54, 1.807) is 19.9 Å². The zero-order chi connectivity index (χ0) is 21.8. The molecule has 6 nitrogen and oxygen atoms in total. The van der Waals surface area contributed by atoms with E-state index in [9.17, 15) is 27.6 Å². The molecule has 1 unspecified atom stereocenters. The number of sulfonamides is 1. The van der Waals surface area contributed by atoms with Gasteiger partial charge in [0.25, 0.3) is 10.0 Å². The molecule has 0 saturated heterocycles. The third-order valence-corrected chi connectivity index (χ3v) is 7.08. The van der Waals surface area contributed by atoms with Gasteiger partial charge in [-0.1, -0.05) is 6.92 Å². The van der Waals surface area contributed by atoms with Crippen molar-refractivity contribution in [2.45, 2.75) is 31.2 Å². The second kappa shape index (κ2) is 6.85. The van der Waals surface area contributed by atoms with Crippen LogP contribution in [0.25, 0.3) is 5.69 Å². The lowest BCUT2D eigenvalue weighted by atomic mass is 10.1. The third-order valence-electron chi connectivity index (χ3n) is 5.26. The van der Waals surface area contributed by atoms with Gasteiger partial charge in [0.2, 0.25) is 0 Å². The lowest BCUT2D eigenvalue weighted by molar-refractivity contribution is 0.470. The number of halogens is 2. The monoisotopic (exact) mass is 429 g/mol. The van der Waals surface area contributed by atoms with Crippen LogP contribution in [0.1, 0.15) is 36.3 Å². The number of nitrogens with zero attached hydrogens (tertiary/aromatic N) is 3. The summed E-state index contributed by atoms with van der Waals surface area (Å²) in [6, 6.07) is 9.98. The average molecular weight is 429 g/mol. The van der Waals surface area contributed by atoms with Gasteiger partial charge in [0.1, 0.15) is 17.5 Å². The first-order chi connectivity index (χ1) is 14.2. The Morgan fingerprint density at radius 1 is 1.10 bits per heavy atom. The summed E-state index contributed by atoms with van der Waals surface area (Å²) in [5.41, 5.74) is 1.03. The van der Waals surface area contributed by atoms with Gasteiger partial charge in [-0.05, 0) is 49.2 Å². The number of phenols is 1. The van der Waals surface area contributed by atoms with Crippen molar-refractivity contribution in [1.82, 2.24) is 4.57 Å². The Labute approximate surface area is 172 Å². The van der Waals surface area contributed by atoms with Crippen LogP contribution in [0.4, 0.5) is 14.5 Å². The van der Waals surface area contributed by atoms with Crippen LogP contribution in [-0.4, -0.2) is 18.1 Å². The fraction of sp³-hybridized carbons (Fsp3) is 0.190. The van der Waals surface area contributed by atoms with Crippen molar-refractivity contribution < 1.29 is 22.3 Å². The summed E-state index contributed by atoms with van der Waals surface area (Å²) in [6.45, 7) is 3.33. The van der Waals surface area contributed by atoms with Gasteiger partial charge in [0, 0.05) is 17.8 Å². The van der Waals surface area contributed by atoms with Crippen molar-refractivity contribution >= 4 is 15.7 Å². The maximum Gasteiger partial charge on any atom is 0.265 e. The Kier molecular flexibility index (Phi) is 4.55. The lowest BCUT2D eigenvalue weighted by Crippen LogP contribution is -2.39. The first-order valence-corrected chi connectivity index (χ1v) is 10.6. The topological polar surface area (TPSA) is 86.3 Å². The summed E-state index contributed by atoms with van der Waals surface area (Å²) in [5.74, 6) is -2.40. The molecule has 0 fully saturated rings. The molecule has 1 atom stereocenters. The van der Waals surface area contributed by atoms with Gasteiger partial charge < -0.3 is 9.67 Å². The molecule has 1 aliphatic heterocycles. The van der Waals surface area contributed by atoms with Crippen LogP contribution >= 0.6 is 0 Å². The number of rotatable bonds is 3. The standard InChI is InChI=1S/C21H17F2N3O3S/c1-3-17-18-6-4-13(11-24)25(18)19-9-15(22)16(23)10-20(19)26(17)30(28,29)14-5-7-21(27)12(2)8-14/h4-10,17,27H,3H2,1-2H3. The number of nitriles is 1. The molecular formula is C21H17F2N3O3S. The Bertz CT molecular complexity index is 1330. The summed E-state index contributed by atoms with van der Waals surface area (Å²) in [7, 11) is -4.21. The molecule has 0 radical (unpaired) electrons. The minimum absolute atomic E-state index is 0.0549. The lowest BCUT2D eigenvalue weighted by Gasteiger charge is -2.38. The molecule has 0 saturated carbocycles. The summed E-state index contributed by atoms with van der Waals surface area (Å²) in [5, 5.41) is 19.2. The number of aryl methyl sites for hydroxylation is 1. The molecule has 30 heavy (non-hydrogen) atoms. The molecule has 1 aliphatic rings. The van der Waals surface area contributed by atoms with E-state index >= 15 is 0 Å². The summed E-state index contributed by atoms with van der Waals surface area (Å²) < 4.78 is 58.1. The van der Waals surface area contributed by atoms with Crippen molar-refractivity contribution in [3.05, 3.63) is 71.1 Å². The number of fused-ring (bicyclic) bond motifs is 3. The second-order valence-corrected chi connectivity index (χ2v) is 8.83. The Morgan fingerprint density at radius 2 is 1.77 bits per heavy atom. The molecule has 9 heteroatoms. The minimum atomic E-state index is -4.21. The van der Waals surface area contributed by atoms with E-state index in [4.69, 9.17) is 0 Å². The quantitative estimate of drug-likeness (QED) is 0.673.